The van der Waals surface area contributed by atoms with Crippen molar-refractivity contribution in [1.29, 1.82) is 0 Å². The summed E-state index contributed by atoms with van der Waals surface area (Å²) in [6.45, 7) is 6.58. The molecule has 6 heterocycles. The van der Waals surface area contributed by atoms with Gasteiger partial charge in [0, 0.05) is 66.5 Å². The summed E-state index contributed by atoms with van der Waals surface area (Å²) >= 11 is 0. The van der Waals surface area contributed by atoms with Gasteiger partial charge in [0.05, 0.1) is 58.2 Å². The van der Waals surface area contributed by atoms with E-state index in [2.05, 4.69) is 191 Å². The van der Waals surface area contributed by atoms with Crippen LogP contribution in [-0.2, 0) is 26.5 Å². The molecule has 0 spiro atoms. The summed E-state index contributed by atoms with van der Waals surface area (Å²) < 4.78 is 100.0. The van der Waals surface area contributed by atoms with Gasteiger partial charge < -0.3 is 18.6 Å². The van der Waals surface area contributed by atoms with Gasteiger partial charge in [-0.1, -0.05) is 232 Å². The number of rotatable bonds is 10. The Kier molecular flexibility index (Phi) is 10.7. The molecule has 0 aliphatic rings. The van der Waals surface area contributed by atoms with Gasteiger partial charge in [0.2, 0.25) is 0 Å². The van der Waals surface area contributed by atoms with E-state index < -0.39 is 60.4 Å². The Bertz CT molecular complexity index is 5900. The fourth-order valence-electron chi connectivity index (χ4n) is 12.9. The molecule has 17 rings (SSSR count). The maximum absolute atomic E-state index is 9.32. The number of imidazole rings is 1. The minimum Gasteiger partial charge on any atom is -0.344 e. The molecule has 0 saturated carbocycles. The van der Waals surface area contributed by atoms with Crippen molar-refractivity contribution in [1.82, 2.24) is 28.2 Å². The van der Waals surface area contributed by atoms with Crippen molar-refractivity contribution < 1.29 is 39.3 Å². The molecule has 0 aliphatic carbocycles. The number of aromatic nitrogens is 7. The van der Waals surface area contributed by atoms with Crippen LogP contribution in [0.15, 0.2) is 285 Å². The normalized spacial score (nSPS) is 13.4. The smallest absolute Gasteiger partial charge is 0.268 e. The fraction of sp³-hybridized carbons (Fsp3) is 0.0494. The molecule has 432 valence electrons. The molecule has 6 aromatic heterocycles. The fourth-order valence-corrected chi connectivity index (χ4v) is 12.9. The maximum Gasteiger partial charge on any atom is 0.268 e. The Morgan fingerprint density at radius 3 is 1.56 bits per heavy atom. The Balaban J connectivity index is 0.00000778. The zero-order valence-corrected chi connectivity index (χ0v) is 51.0. The first-order valence-electron chi connectivity index (χ1n) is 34.4. The Labute approximate surface area is 549 Å². The van der Waals surface area contributed by atoms with Gasteiger partial charge >= 0.3 is 0 Å². The molecule has 0 N–H and O–H groups in total. The Morgan fingerprint density at radius 1 is 0.456 bits per heavy atom. The standard InChI is InChI=1S/C81H56N8.Pt/c1-81(2,3)56-46-47-82-77(48-56)89-73-41-19-14-34-67(73)68-45-44-59(50-76(68)89)86(58-29-22-28-57(49-58)84-53-85(75-43-21-20-42-74(75)84)80-61(54-24-6-4-7-25-54)35-23-36-62(80)55-26-8-5-9-27-55)78-51-60(87-69-37-15-10-30-63(69)64-31-11-16-38-70(64)87)52-79(83-78)88-71-39-17-12-32-65(71)66-33-13-18-40-72(66)88;/h4-48,51-52H,1-3H3;/q-2;/i4D,5D,6D,7D,8D,9D,24D,25D,26D,27D;. The van der Waals surface area contributed by atoms with Gasteiger partial charge in [-0.25, -0.2) is 9.97 Å². The third-order valence-electron chi connectivity index (χ3n) is 16.9. The van der Waals surface area contributed by atoms with Crippen LogP contribution in [0.5, 0.6) is 0 Å². The molecule has 0 saturated heterocycles. The number of nitrogens with zero attached hydrogens (tertiary/aromatic N) is 8. The topological polar surface area (TPSA) is 52.6 Å². The van der Waals surface area contributed by atoms with Gasteiger partial charge in [-0.3, -0.25) is 9.13 Å². The van der Waals surface area contributed by atoms with Crippen molar-refractivity contribution in [2.75, 3.05) is 4.90 Å². The molecule has 8 nitrogen and oxygen atoms in total. The van der Waals surface area contributed by atoms with Crippen LogP contribution in [0.3, 0.4) is 0 Å². The molecule has 17 aromatic rings. The third kappa shape index (κ3) is 8.88. The van der Waals surface area contributed by atoms with E-state index in [1.54, 1.807) is 22.8 Å². The van der Waals surface area contributed by atoms with E-state index >= 15 is 0 Å². The summed E-state index contributed by atoms with van der Waals surface area (Å²) in [6.07, 6.45) is 5.45. The summed E-state index contributed by atoms with van der Waals surface area (Å²) in [5.74, 6) is 1.88. The number of fused-ring (bicyclic) bond motifs is 10. The molecule has 0 radical (unpaired) electrons. The van der Waals surface area contributed by atoms with Gasteiger partial charge in [-0.15, -0.1) is 23.6 Å². The summed E-state index contributed by atoms with van der Waals surface area (Å²) in [5, 5.41) is 6.28. The van der Waals surface area contributed by atoms with Crippen molar-refractivity contribution in [3.8, 4) is 51.0 Å². The van der Waals surface area contributed by atoms with E-state index in [1.165, 1.54) is 0 Å². The Hall–Kier alpha value is -10.9. The minimum absolute atomic E-state index is 0. The first-order valence-corrected chi connectivity index (χ1v) is 29.4. The van der Waals surface area contributed by atoms with Crippen LogP contribution in [0, 0.1) is 18.5 Å². The summed E-state index contributed by atoms with van der Waals surface area (Å²) in [6, 6.07) is 75.1. The average Bonchev–Trinajstić information content (AvgIpc) is 1.51. The summed E-state index contributed by atoms with van der Waals surface area (Å²) in [7, 11) is 0. The number of para-hydroxylation sites is 8. The summed E-state index contributed by atoms with van der Waals surface area (Å²) in [4.78, 5) is 13.0. The molecule has 0 aliphatic heterocycles. The second kappa shape index (κ2) is 21.7. The van der Waals surface area contributed by atoms with Crippen molar-refractivity contribution in [2.24, 2.45) is 0 Å². The van der Waals surface area contributed by atoms with E-state index in [9.17, 15) is 5.48 Å². The van der Waals surface area contributed by atoms with Crippen molar-refractivity contribution >= 4 is 93.6 Å². The van der Waals surface area contributed by atoms with E-state index in [4.69, 9.17) is 18.2 Å². The molecular formula is C81H56N8Pt-2. The van der Waals surface area contributed by atoms with Crippen LogP contribution in [-0.4, -0.2) is 28.2 Å². The quantitative estimate of drug-likeness (QED) is 0.101. The second-order valence-corrected chi connectivity index (χ2v) is 23.1. The van der Waals surface area contributed by atoms with Crippen molar-refractivity contribution in [2.45, 2.75) is 26.2 Å². The van der Waals surface area contributed by atoms with E-state index in [0.717, 1.165) is 82.5 Å². The van der Waals surface area contributed by atoms with Crippen molar-refractivity contribution in [3.05, 3.63) is 309 Å². The van der Waals surface area contributed by atoms with Crippen LogP contribution in [0.2, 0.25) is 0 Å². The molecule has 11 aromatic carbocycles. The zero-order chi connectivity index (χ0) is 68.0. The largest absolute Gasteiger partial charge is 0.344 e. The molecule has 0 amide bonds. The maximum atomic E-state index is 9.32. The molecule has 0 atom stereocenters. The van der Waals surface area contributed by atoms with E-state index in [1.807, 2.05) is 77.5 Å². The van der Waals surface area contributed by atoms with Crippen LogP contribution in [0.4, 0.5) is 17.2 Å². The predicted octanol–water partition coefficient (Wildman–Crippen LogP) is 19.5. The minimum atomic E-state index is -0.586. The number of benzene rings is 11. The van der Waals surface area contributed by atoms with Crippen molar-refractivity contribution in [3.63, 3.8) is 0 Å². The van der Waals surface area contributed by atoms with Gasteiger partial charge in [0.15, 0.2) is 0 Å². The molecule has 0 fully saturated rings. The van der Waals surface area contributed by atoms with E-state index in [0.29, 0.717) is 39.7 Å². The molecular weight excluding hydrogens is 1280 g/mol. The van der Waals surface area contributed by atoms with Gasteiger partial charge in [-0.05, 0) is 86.8 Å². The molecule has 90 heavy (non-hydrogen) atoms. The van der Waals surface area contributed by atoms with Gasteiger partial charge in [0.25, 0.3) is 6.33 Å². The van der Waals surface area contributed by atoms with Crippen LogP contribution in [0.1, 0.15) is 40.0 Å². The number of anilines is 3. The molecule has 9 heteroatoms. The predicted molar refractivity (Wildman–Crippen MR) is 364 cm³/mol. The third-order valence-corrected chi connectivity index (χ3v) is 16.9. The number of hydrogen-bond acceptors (Lipinski definition) is 3. The first-order chi connectivity index (χ1) is 47.9. The zero-order valence-electron chi connectivity index (χ0n) is 58.8. The summed E-state index contributed by atoms with van der Waals surface area (Å²) in [5.41, 5.74) is 10.2. The average molecular weight is 1350 g/mol. The van der Waals surface area contributed by atoms with Crippen LogP contribution < -0.4 is 9.47 Å². The SMILES string of the molecule is [2H]c1c([2H])c([2H])c(-c2cccc(-c3c([2H])c([2H])c([2H])c([2H])c3[2H])c2-[n+]2[c-]n(-c3[c-]c(N(c4[c-]c5c(cc4)c4ccccc4n5-c4cc(C(C)(C)C)ccn4)c4cc(-n5c6ccccc6c6ccccc65)cc(-n5c6ccccc6c6ccccc65)n4)ccc3)c3ccccc32)c([2H])c1[2H].[Pt]. The van der Waals surface area contributed by atoms with Gasteiger partial charge in [-0.2, -0.15) is 24.3 Å². The first kappa shape index (κ1) is 44.5. The van der Waals surface area contributed by atoms with Gasteiger partial charge in [0.1, 0.15) is 17.5 Å². The number of pyridine rings is 2. The van der Waals surface area contributed by atoms with E-state index in [-0.39, 0.29) is 54.4 Å². The molecule has 0 unspecified atom stereocenters. The number of hydrogen-bond donors (Lipinski definition) is 0. The monoisotopic (exact) mass is 1350 g/mol. The Morgan fingerprint density at radius 2 is 0.967 bits per heavy atom. The second-order valence-electron chi connectivity index (χ2n) is 23.1. The molecule has 0 bridgehead atoms. The van der Waals surface area contributed by atoms with Crippen LogP contribution >= 0.6 is 0 Å². The van der Waals surface area contributed by atoms with Crippen LogP contribution in [0.25, 0.3) is 127 Å².